The lowest BCUT2D eigenvalue weighted by Crippen LogP contribution is -2.32. The van der Waals surface area contributed by atoms with Gasteiger partial charge in [0.05, 0.1) is 0 Å². The van der Waals surface area contributed by atoms with Crippen molar-refractivity contribution in [3.8, 4) is 0 Å². The molecule has 1 aliphatic carbocycles. The smallest absolute Gasteiger partial charge is 0.148 e. The lowest BCUT2D eigenvalue weighted by Gasteiger charge is -2.28. The van der Waals surface area contributed by atoms with Gasteiger partial charge in [0.1, 0.15) is 17.5 Å². The topological polar surface area (TPSA) is 67.1 Å². The number of anilines is 2. The van der Waals surface area contributed by atoms with Crippen molar-refractivity contribution < 1.29 is 0 Å². The van der Waals surface area contributed by atoms with E-state index in [4.69, 9.17) is 10.8 Å². The van der Waals surface area contributed by atoms with Crippen LogP contribution in [-0.2, 0) is 6.42 Å². The molecule has 106 valence electrons. The molecule has 3 N–H and O–H groups in total. The first-order chi connectivity index (χ1) is 9.08. The van der Waals surface area contributed by atoms with Crippen LogP contribution in [0.25, 0.3) is 0 Å². The van der Waals surface area contributed by atoms with E-state index in [9.17, 15) is 0 Å². The van der Waals surface area contributed by atoms with Crippen molar-refractivity contribution in [1.29, 1.82) is 0 Å². The van der Waals surface area contributed by atoms with E-state index in [-0.39, 0.29) is 0 Å². The fourth-order valence-electron chi connectivity index (χ4n) is 2.46. The molecular weight excluding hydrogens is 238 g/mol. The third-order valence-corrected chi connectivity index (χ3v) is 4.03. The number of nitrogens with one attached hydrogen (secondary N) is 1. The highest BCUT2D eigenvalue weighted by molar-refractivity contribution is 5.58. The third-order valence-electron chi connectivity index (χ3n) is 4.03. The maximum absolute atomic E-state index is 5.57. The Kier molecular flexibility index (Phi) is 4.24. The van der Waals surface area contributed by atoms with Crippen LogP contribution in [0.4, 0.5) is 11.6 Å². The average molecular weight is 263 g/mol. The molecule has 1 fully saturated rings. The third kappa shape index (κ3) is 2.97. The Balaban J connectivity index is 2.33. The van der Waals surface area contributed by atoms with Gasteiger partial charge in [0.25, 0.3) is 0 Å². The molecule has 2 rings (SSSR count). The largest absolute Gasteiger partial charge is 0.356 e. The Morgan fingerprint density at radius 2 is 2.11 bits per heavy atom. The molecule has 0 bridgehead atoms. The van der Waals surface area contributed by atoms with E-state index in [0.29, 0.717) is 6.04 Å². The van der Waals surface area contributed by atoms with E-state index >= 15 is 0 Å². The van der Waals surface area contributed by atoms with Gasteiger partial charge in [0.15, 0.2) is 0 Å². The Hall–Kier alpha value is -1.36. The van der Waals surface area contributed by atoms with Crippen LogP contribution in [0.2, 0.25) is 0 Å². The van der Waals surface area contributed by atoms with Crippen molar-refractivity contribution >= 4 is 11.6 Å². The molecule has 1 heterocycles. The van der Waals surface area contributed by atoms with Gasteiger partial charge in [-0.1, -0.05) is 6.92 Å². The van der Waals surface area contributed by atoms with Gasteiger partial charge in [-0.05, 0) is 39.0 Å². The van der Waals surface area contributed by atoms with Gasteiger partial charge >= 0.3 is 0 Å². The van der Waals surface area contributed by atoms with Gasteiger partial charge < -0.3 is 10.3 Å². The number of hydrazine groups is 1. The number of aromatic nitrogens is 2. The molecular formula is C14H25N5. The first-order valence-corrected chi connectivity index (χ1v) is 7.15. The van der Waals surface area contributed by atoms with Crippen molar-refractivity contribution in [1.82, 2.24) is 9.97 Å². The van der Waals surface area contributed by atoms with Gasteiger partial charge in [-0.15, -0.1) is 0 Å². The predicted octanol–water partition coefficient (Wildman–Crippen LogP) is 2.26. The van der Waals surface area contributed by atoms with Crippen molar-refractivity contribution in [2.45, 2.75) is 52.5 Å². The predicted molar refractivity (Wildman–Crippen MR) is 79.2 cm³/mol. The van der Waals surface area contributed by atoms with Crippen molar-refractivity contribution in [3.63, 3.8) is 0 Å². The maximum Gasteiger partial charge on any atom is 0.148 e. The van der Waals surface area contributed by atoms with E-state index in [0.717, 1.165) is 41.8 Å². The number of nitrogens with two attached hydrogens (primary N) is 1. The van der Waals surface area contributed by atoms with Crippen LogP contribution in [0.5, 0.6) is 0 Å². The summed E-state index contributed by atoms with van der Waals surface area (Å²) in [7, 11) is 2.12. The van der Waals surface area contributed by atoms with E-state index in [1.54, 1.807) is 0 Å². The Morgan fingerprint density at radius 3 is 2.63 bits per heavy atom. The number of hydrogen-bond acceptors (Lipinski definition) is 5. The Labute approximate surface area is 115 Å². The molecule has 1 aromatic rings. The van der Waals surface area contributed by atoms with Crippen LogP contribution in [0, 0.1) is 12.8 Å². The summed E-state index contributed by atoms with van der Waals surface area (Å²) in [4.78, 5) is 11.5. The monoisotopic (exact) mass is 263 g/mol. The molecule has 0 amide bonds. The summed E-state index contributed by atoms with van der Waals surface area (Å²) in [6.45, 7) is 6.43. The molecule has 5 nitrogen and oxygen atoms in total. The summed E-state index contributed by atoms with van der Waals surface area (Å²) in [6, 6.07) is 0.522. The van der Waals surface area contributed by atoms with Crippen LogP contribution in [0.1, 0.15) is 44.5 Å². The van der Waals surface area contributed by atoms with E-state index in [2.05, 4.69) is 36.2 Å². The second kappa shape index (κ2) is 5.74. The molecule has 0 radical (unpaired) electrons. The molecule has 0 spiro atoms. The summed E-state index contributed by atoms with van der Waals surface area (Å²) in [5.41, 5.74) is 3.72. The normalized spacial score (nSPS) is 16.3. The van der Waals surface area contributed by atoms with Crippen LogP contribution in [-0.4, -0.2) is 23.1 Å². The first-order valence-electron chi connectivity index (χ1n) is 7.15. The molecule has 5 heteroatoms. The second-order valence-corrected chi connectivity index (χ2v) is 5.52. The number of nitrogens with zero attached hydrogens (tertiary/aromatic N) is 3. The zero-order valence-electron chi connectivity index (χ0n) is 12.4. The number of hydrogen-bond donors (Lipinski definition) is 2. The quantitative estimate of drug-likeness (QED) is 0.608. The van der Waals surface area contributed by atoms with Crippen LogP contribution < -0.4 is 16.2 Å². The molecule has 1 atom stereocenters. The standard InChI is InChI=1S/C14H25N5/c1-5-6-12-16-13(18-15)9(2)14(17-12)19(4)10(3)11-7-8-11/h10-11H,5-8,15H2,1-4H3,(H,16,17,18). The zero-order valence-corrected chi connectivity index (χ0v) is 12.4. The fourth-order valence-corrected chi connectivity index (χ4v) is 2.46. The molecule has 19 heavy (non-hydrogen) atoms. The highest BCUT2D eigenvalue weighted by Gasteiger charge is 2.32. The molecule has 1 aliphatic rings. The van der Waals surface area contributed by atoms with E-state index in [1.165, 1.54) is 12.8 Å². The Bertz CT molecular complexity index is 442. The minimum atomic E-state index is 0.522. The molecule has 0 aromatic carbocycles. The van der Waals surface area contributed by atoms with Gasteiger partial charge in [-0.2, -0.15) is 0 Å². The summed E-state index contributed by atoms with van der Waals surface area (Å²) in [5, 5.41) is 0. The lowest BCUT2D eigenvalue weighted by molar-refractivity contribution is 0.600. The highest BCUT2D eigenvalue weighted by Crippen LogP contribution is 2.37. The number of aryl methyl sites for hydroxylation is 1. The fraction of sp³-hybridized carbons (Fsp3) is 0.714. The van der Waals surface area contributed by atoms with Crippen molar-refractivity contribution in [2.24, 2.45) is 11.8 Å². The number of nitrogen functional groups attached to an aromatic ring is 1. The molecule has 0 saturated heterocycles. The molecule has 1 saturated carbocycles. The average Bonchev–Trinajstić information content (AvgIpc) is 3.23. The lowest BCUT2D eigenvalue weighted by atomic mass is 10.1. The molecule has 1 aromatic heterocycles. The summed E-state index contributed by atoms with van der Waals surface area (Å²) in [6.07, 6.45) is 4.58. The summed E-state index contributed by atoms with van der Waals surface area (Å²) < 4.78 is 0. The molecule has 0 aliphatic heterocycles. The van der Waals surface area contributed by atoms with Crippen LogP contribution >= 0.6 is 0 Å². The van der Waals surface area contributed by atoms with E-state index < -0.39 is 0 Å². The minimum absolute atomic E-state index is 0.522. The van der Waals surface area contributed by atoms with E-state index in [1.807, 2.05) is 6.92 Å². The van der Waals surface area contributed by atoms with Gasteiger partial charge in [0, 0.05) is 25.1 Å². The SMILES string of the molecule is CCCc1nc(NN)c(C)c(N(C)C(C)C2CC2)n1. The van der Waals surface area contributed by atoms with Crippen molar-refractivity contribution in [3.05, 3.63) is 11.4 Å². The maximum atomic E-state index is 5.57. The van der Waals surface area contributed by atoms with Gasteiger partial charge in [-0.3, -0.25) is 0 Å². The summed E-state index contributed by atoms with van der Waals surface area (Å²) in [5.74, 6) is 8.99. The molecule has 1 unspecified atom stereocenters. The van der Waals surface area contributed by atoms with Crippen LogP contribution in [0.15, 0.2) is 0 Å². The van der Waals surface area contributed by atoms with Gasteiger partial charge in [-0.25, -0.2) is 15.8 Å². The minimum Gasteiger partial charge on any atom is -0.356 e. The Morgan fingerprint density at radius 1 is 1.42 bits per heavy atom. The number of rotatable bonds is 6. The van der Waals surface area contributed by atoms with Crippen molar-refractivity contribution in [2.75, 3.05) is 17.4 Å². The van der Waals surface area contributed by atoms with Crippen LogP contribution in [0.3, 0.4) is 0 Å². The second-order valence-electron chi connectivity index (χ2n) is 5.52. The zero-order chi connectivity index (χ0) is 14.0. The first kappa shape index (κ1) is 14.1. The summed E-state index contributed by atoms with van der Waals surface area (Å²) >= 11 is 0. The highest BCUT2D eigenvalue weighted by atomic mass is 15.3. The van der Waals surface area contributed by atoms with Gasteiger partial charge in [0.2, 0.25) is 0 Å².